The Balaban J connectivity index is 1.29. The quantitative estimate of drug-likeness (QED) is 0.627. The summed E-state index contributed by atoms with van der Waals surface area (Å²) in [6, 6.07) is 6.66. The van der Waals surface area contributed by atoms with Crippen LogP contribution in [-0.4, -0.2) is 55.7 Å². The fourth-order valence-corrected chi connectivity index (χ4v) is 3.86. The third kappa shape index (κ3) is 3.31. The first kappa shape index (κ1) is 17.1. The summed E-state index contributed by atoms with van der Waals surface area (Å²) in [6.45, 7) is 1.86. The van der Waals surface area contributed by atoms with Gasteiger partial charge in [-0.2, -0.15) is 5.10 Å². The van der Waals surface area contributed by atoms with Crippen molar-refractivity contribution < 1.29 is 5.11 Å². The highest BCUT2D eigenvalue weighted by atomic mass is 16.3. The molecule has 0 unspecified atom stereocenters. The molecule has 1 saturated heterocycles. The number of aromatic hydroxyl groups is 1. The number of rotatable bonds is 5. The molecule has 2 fully saturated rings. The van der Waals surface area contributed by atoms with Crippen LogP contribution in [0.15, 0.2) is 36.8 Å². The van der Waals surface area contributed by atoms with E-state index >= 15 is 0 Å². The van der Waals surface area contributed by atoms with Crippen molar-refractivity contribution in [1.82, 2.24) is 30.7 Å². The molecule has 1 saturated carbocycles. The van der Waals surface area contributed by atoms with Gasteiger partial charge in [0, 0.05) is 42.5 Å². The third-order valence-electron chi connectivity index (χ3n) is 5.70. The van der Waals surface area contributed by atoms with Gasteiger partial charge >= 0.3 is 0 Å². The molecule has 144 valence electrons. The average Bonchev–Trinajstić information content (AvgIpc) is 3.37. The predicted octanol–water partition coefficient (Wildman–Crippen LogP) is 2.36. The highest BCUT2D eigenvalue weighted by molar-refractivity contribution is 5.73. The van der Waals surface area contributed by atoms with Gasteiger partial charge in [-0.05, 0) is 37.0 Å². The minimum atomic E-state index is 0.147. The number of anilines is 1. The second kappa shape index (κ2) is 7.20. The molecule has 1 aliphatic heterocycles. The fraction of sp³-hybridized carbons (Fsp3) is 0.400. The number of aromatic amines is 1. The Bertz CT molecular complexity index is 938. The van der Waals surface area contributed by atoms with E-state index in [2.05, 4.69) is 35.6 Å². The first-order valence-electron chi connectivity index (χ1n) is 9.79. The van der Waals surface area contributed by atoms with E-state index in [0.717, 1.165) is 30.6 Å². The molecule has 0 bridgehead atoms. The Morgan fingerprint density at radius 3 is 2.68 bits per heavy atom. The maximum Gasteiger partial charge on any atom is 0.245 e. The number of aromatic nitrogens is 5. The lowest BCUT2D eigenvalue weighted by Crippen LogP contribution is -2.43. The number of nitrogens with zero attached hydrogens (tertiary/aromatic N) is 5. The van der Waals surface area contributed by atoms with Crippen LogP contribution in [0.1, 0.15) is 25.7 Å². The molecule has 28 heavy (non-hydrogen) atoms. The van der Waals surface area contributed by atoms with Gasteiger partial charge in [0.1, 0.15) is 11.4 Å². The van der Waals surface area contributed by atoms with E-state index in [-0.39, 0.29) is 5.75 Å². The van der Waals surface area contributed by atoms with Gasteiger partial charge in [0.15, 0.2) is 0 Å². The summed E-state index contributed by atoms with van der Waals surface area (Å²) >= 11 is 0. The van der Waals surface area contributed by atoms with Crippen molar-refractivity contribution in [1.29, 1.82) is 0 Å². The Hall–Kier alpha value is -3.00. The van der Waals surface area contributed by atoms with E-state index in [0.29, 0.717) is 29.3 Å². The molecule has 2 aliphatic rings. The van der Waals surface area contributed by atoms with Gasteiger partial charge in [0.05, 0.1) is 12.4 Å². The minimum absolute atomic E-state index is 0.147. The molecule has 0 spiro atoms. The van der Waals surface area contributed by atoms with Crippen LogP contribution in [0.2, 0.25) is 0 Å². The standard InChI is InChI=1S/C20H23N7O/c28-19-8-13(14-9-22-23-10-14)4-5-17(19)18-11-21-20(26-25-18)27-7-6-16(12-27)24-15-2-1-3-15/h4-5,8-11,15-16,24,28H,1-3,6-7,12H2,(H,22,23)/t16-/m0/s1. The third-order valence-corrected chi connectivity index (χ3v) is 5.70. The van der Waals surface area contributed by atoms with Crippen molar-refractivity contribution in [3.05, 3.63) is 36.8 Å². The van der Waals surface area contributed by atoms with Gasteiger partial charge in [-0.15, -0.1) is 10.2 Å². The molecule has 5 rings (SSSR count). The molecular weight excluding hydrogens is 354 g/mol. The van der Waals surface area contributed by atoms with Crippen LogP contribution in [-0.2, 0) is 0 Å². The Morgan fingerprint density at radius 1 is 1.07 bits per heavy atom. The Morgan fingerprint density at radius 2 is 2.00 bits per heavy atom. The zero-order valence-corrected chi connectivity index (χ0v) is 15.5. The second-order valence-corrected chi connectivity index (χ2v) is 7.59. The van der Waals surface area contributed by atoms with Crippen LogP contribution in [0.3, 0.4) is 0 Å². The first-order valence-corrected chi connectivity index (χ1v) is 9.79. The molecule has 3 heterocycles. The van der Waals surface area contributed by atoms with Crippen LogP contribution in [0.4, 0.5) is 5.95 Å². The highest BCUT2D eigenvalue weighted by Crippen LogP contribution is 2.32. The summed E-state index contributed by atoms with van der Waals surface area (Å²) in [5.74, 6) is 0.796. The van der Waals surface area contributed by atoms with Crippen molar-refractivity contribution in [3.63, 3.8) is 0 Å². The topological polar surface area (TPSA) is 103 Å². The van der Waals surface area contributed by atoms with Gasteiger partial charge in [-0.3, -0.25) is 5.10 Å². The van der Waals surface area contributed by atoms with Crippen molar-refractivity contribution in [2.45, 2.75) is 37.8 Å². The maximum absolute atomic E-state index is 10.4. The SMILES string of the molecule is Oc1cc(-c2cn[nH]c2)ccc1-c1cnc(N2CC[C@H](NC3CCC3)C2)nn1. The first-order chi connectivity index (χ1) is 13.8. The zero-order chi connectivity index (χ0) is 18.9. The average molecular weight is 377 g/mol. The lowest BCUT2D eigenvalue weighted by Gasteiger charge is -2.29. The second-order valence-electron chi connectivity index (χ2n) is 7.59. The van der Waals surface area contributed by atoms with Crippen LogP contribution < -0.4 is 10.2 Å². The van der Waals surface area contributed by atoms with Crippen LogP contribution in [0, 0.1) is 0 Å². The molecule has 3 N–H and O–H groups in total. The number of hydrogen-bond donors (Lipinski definition) is 3. The number of nitrogens with one attached hydrogen (secondary N) is 2. The molecule has 8 nitrogen and oxygen atoms in total. The smallest absolute Gasteiger partial charge is 0.245 e. The lowest BCUT2D eigenvalue weighted by atomic mass is 9.92. The summed E-state index contributed by atoms with van der Waals surface area (Å²) in [7, 11) is 0. The lowest BCUT2D eigenvalue weighted by molar-refractivity contribution is 0.311. The number of H-pyrrole nitrogens is 1. The highest BCUT2D eigenvalue weighted by Gasteiger charge is 2.28. The summed E-state index contributed by atoms with van der Waals surface area (Å²) in [5, 5.41) is 29.5. The van der Waals surface area contributed by atoms with Gasteiger partial charge in [0.25, 0.3) is 0 Å². The monoisotopic (exact) mass is 377 g/mol. The molecule has 1 aliphatic carbocycles. The van der Waals surface area contributed by atoms with Crippen LogP contribution >= 0.6 is 0 Å². The minimum Gasteiger partial charge on any atom is -0.507 e. The van der Waals surface area contributed by atoms with E-state index in [1.807, 2.05) is 12.1 Å². The summed E-state index contributed by atoms with van der Waals surface area (Å²) in [5.41, 5.74) is 2.98. The number of hydrogen-bond acceptors (Lipinski definition) is 7. The van der Waals surface area contributed by atoms with Crippen molar-refractivity contribution in [3.8, 4) is 28.1 Å². The van der Waals surface area contributed by atoms with Crippen LogP contribution in [0.25, 0.3) is 22.4 Å². The molecule has 3 aromatic rings. The number of benzene rings is 1. The maximum atomic E-state index is 10.4. The van der Waals surface area contributed by atoms with E-state index in [1.165, 1.54) is 19.3 Å². The molecular formula is C20H23N7O. The summed E-state index contributed by atoms with van der Waals surface area (Å²) in [4.78, 5) is 6.67. The van der Waals surface area contributed by atoms with Gasteiger partial charge in [0.2, 0.25) is 5.95 Å². The zero-order valence-electron chi connectivity index (χ0n) is 15.5. The largest absolute Gasteiger partial charge is 0.507 e. The van der Waals surface area contributed by atoms with E-state index < -0.39 is 0 Å². The number of phenols is 1. The normalized spacial score (nSPS) is 19.7. The molecule has 2 aromatic heterocycles. The molecule has 0 radical (unpaired) electrons. The van der Waals surface area contributed by atoms with Gasteiger partial charge in [-0.25, -0.2) is 4.98 Å². The van der Waals surface area contributed by atoms with Crippen LogP contribution in [0.5, 0.6) is 5.75 Å². The summed E-state index contributed by atoms with van der Waals surface area (Å²) < 4.78 is 0. The predicted molar refractivity (Wildman–Crippen MR) is 106 cm³/mol. The molecule has 1 aromatic carbocycles. The molecule has 8 heteroatoms. The summed E-state index contributed by atoms with van der Waals surface area (Å²) in [6.07, 6.45) is 10.2. The molecule has 0 amide bonds. The van der Waals surface area contributed by atoms with E-state index in [1.54, 1.807) is 24.7 Å². The van der Waals surface area contributed by atoms with Gasteiger partial charge < -0.3 is 15.3 Å². The Labute approximate surface area is 163 Å². The van der Waals surface area contributed by atoms with Gasteiger partial charge in [-0.1, -0.05) is 12.5 Å². The van der Waals surface area contributed by atoms with Crippen molar-refractivity contribution in [2.75, 3.05) is 18.0 Å². The van der Waals surface area contributed by atoms with E-state index in [9.17, 15) is 5.11 Å². The number of phenolic OH excluding ortho intramolecular Hbond substituents is 1. The fourth-order valence-electron chi connectivity index (χ4n) is 3.86. The molecule has 1 atom stereocenters. The van der Waals surface area contributed by atoms with E-state index in [4.69, 9.17) is 0 Å². The van der Waals surface area contributed by atoms with Crippen molar-refractivity contribution >= 4 is 5.95 Å². The van der Waals surface area contributed by atoms with Crippen molar-refractivity contribution in [2.24, 2.45) is 0 Å². The Kier molecular flexibility index (Phi) is 4.40.